The maximum Gasteiger partial charge on any atom is 0.242 e. The van der Waals surface area contributed by atoms with Gasteiger partial charge in [-0.3, -0.25) is 4.98 Å². The number of aromatic nitrogens is 1. The molecule has 0 fully saturated rings. The van der Waals surface area contributed by atoms with Gasteiger partial charge in [-0.1, -0.05) is 19.1 Å². The number of nitrogens with one attached hydrogen (secondary N) is 1. The van der Waals surface area contributed by atoms with Crippen LogP contribution < -0.4 is 10.5 Å². The number of thioether (sulfide) groups is 1. The Kier molecular flexibility index (Phi) is 6.18. The fourth-order valence-electron chi connectivity index (χ4n) is 1.38. The molecule has 1 rings (SSSR count). The average Bonchev–Trinajstić information content (AvgIpc) is 2.38. The van der Waals surface area contributed by atoms with Crippen molar-refractivity contribution < 1.29 is 8.42 Å². The summed E-state index contributed by atoms with van der Waals surface area (Å²) >= 11 is 6.50. The lowest BCUT2D eigenvalue weighted by atomic mass is 10.3. The predicted molar refractivity (Wildman–Crippen MR) is 82.9 cm³/mol. The average molecular weight is 319 g/mol. The summed E-state index contributed by atoms with van der Waals surface area (Å²) in [4.78, 5) is 3.91. The first-order valence-corrected chi connectivity index (χ1v) is 8.83. The molecule has 1 unspecified atom stereocenters. The van der Waals surface area contributed by atoms with Gasteiger partial charge in [0.2, 0.25) is 10.0 Å². The SMILES string of the molecule is CSC(C)CCNS(=O)(=O)c1cccnc1C(N)=S. The summed E-state index contributed by atoms with van der Waals surface area (Å²) in [6.45, 7) is 2.42. The molecule has 0 radical (unpaired) electrons. The highest BCUT2D eigenvalue weighted by Gasteiger charge is 2.20. The molecule has 1 atom stereocenters. The van der Waals surface area contributed by atoms with E-state index in [2.05, 4.69) is 9.71 Å². The van der Waals surface area contributed by atoms with Crippen molar-refractivity contribution in [2.24, 2.45) is 5.73 Å². The van der Waals surface area contributed by atoms with Crippen LogP contribution in [0.25, 0.3) is 0 Å². The third kappa shape index (κ3) is 4.72. The van der Waals surface area contributed by atoms with Gasteiger partial charge in [0.25, 0.3) is 0 Å². The Labute approximate surface area is 123 Å². The lowest BCUT2D eigenvalue weighted by molar-refractivity contribution is 0.578. The van der Waals surface area contributed by atoms with Gasteiger partial charge in [-0.25, -0.2) is 13.1 Å². The normalized spacial score (nSPS) is 13.2. The van der Waals surface area contributed by atoms with E-state index < -0.39 is 10.0 Å². The fourth-order valence-corrected chi connectivity index (χ4v) is 3.18. The quantitative estimate of drug-likeness (QED) is 0.733. The highest BCUT2D eigenvalue weighted by Crippen LogP contribution is 2.14. The van der Waals surface area contributed by atoms with Crippen LogP contribution in [0.1, 0.15) is 19.0 Å². The molecule has 0 saturated heterocycles. The molecule has 1 aromatic rings. The number of pyridine rings is 1. The Morgan fingerprint density at radius 1 is 1.63 bits per heavy atom. The van der Waals surface area contributed by atoms with E-state index in [9.17, 15) is 8.42 Å². The molecule has 19 heavy (non-hydrogen) atoms. The first kappa shape index (κ1) is 16.4. The molecule has 1 heterocycles. The molecule has 3 N–H and O–H groups in total. The molecule has 0 amide bonds. The van der Waals surface area contributed by atoms with Gasteiger partial charge in [0, 0.05) is 18.0 Å². The Bertz CT molecular complexity index is 546. The molecule has 106 valence electrons. The Morgan fingerprint density at radius 2 is 2.32 bits per heavy atom. The zero-order chi connectivity index (χ0) is 14.5. The lowest BCUT2D eigenvalue weighted by Crippen LogP contribution is -2.29. The number of hydrogen-bond donors (Lipinski definition) is 2. The number of nitrogens with two attached hydrogens (primary N) is 1. The number of hydrogen-bond acceptors (Lipinski definition) is 5. The molecule has 0 aliphatic heterocycles. The van der Waals surface area contributed by atoms with Crippen LogP contribution in [-0.4, -0.2) is 36.4 Å². The molecule has 5 nitrogen and oxygen atoms in total. The van der Waals surface area contributed by atoms with E-state index in [1.807, 2.05) is 13.2 Å². The largest absolute Gasteiger partial charge is 0.388 e. The number of nitrogens with zero attached hydrogens (tertiary/aromatic N) is 1. The minimum atomic E-state index is -3.63. The van der Waals surface area contributed by atoms with Gasteiger partial charge in [0.05, 0.1) is 0 Å². The lowest BCUT2D eigenvalue weighted by Gasteiger charge is -2.11. The van der Waals surface area contributed by atoms with Crippen LogP contribution in [0.4, 0.5) is 0 Å². The molecule has 0 spiro atoms. The van der Waals surface area contributed by atoms with Gasteiger partial charge in [-0.2, -0.15) is 11.8 Å². The molecule has 0 aliphatic rings. The molecular formula is C11H17N3O2S3. The zero-order valence-corrected chi connectivity index (χ0v) is 13.2. The zero-order valence-electron chi connectivity index (χ0n) is 10.8. The summed E-state index contributed by atoms with van der Waals surface area (Å²) in [7, 11) is -3.63. The van der Waals surface area contributed by atoms with Crippen LogP contribution in [0.3, 0.4) is 0 Å². The van der Waals surface area contributed by atoms with Crippen molar-refractivity contribution in [3.05, 3.63) is 24.0 Å². The molecular weight excluding hydrogens is 302 g/mol. The van der Waals surface area contributed by atoms with Crippen molar-refractivity contribution in [3.63, 3.8) is 0 Å². The second-order valence-electron chi connectivity index (χ2n) is 3.95. The fraction of sp³-hybridized carbons (Fsp3) is 0.455. The van der Waals surface area contributed by atoms with Gasteiger partial charge in [0.15, 0.2) is 0 Å². The summed E-state index contributed by atoms with van der Waals surface area (Å²) < 4.78 is 26.8. The van der Waals surface area contributed by atoms with Gasteiger partial charge < -0.3 is 5.73 Å². The van der Waals surface area contributed by atoms with E-state index in [-0.39, 0.29) is 15.6 Å². The van der Waals surface area contributed by atoms with Crippen LogP contribution in [-0.2, 0) is 10.0 Å². The van der Waals surface area contributed by atoms with Gasteiger partial charge in [-0.15, -0.1) is 0 Å². The molecule has 1 aromatic heterocycles. The smallest absolute Gasteiger partial charge is 0.242 e. The highest BCUT2D eigenvalue weighted by molar-refractivity contribution is 7.99. The molecule has 8 heteroatoms. The first-order chi connectivity index (χ1) is 8.88. The van der Waals surface area contributed by atoms with E-state index in [4.69, 9.17) is 18.0 Å². The minimum absolute atomic E-state index is 0.0271. The van der Waals surface area contributed by atoms with Crippen LogP contribution in [0.2, 0.25) is 0 Å². The van der Waals surface area contributed by atoms with Crippen molar-refractivity contribution in [2.45, 2.75) is 23.5 Å². The molecule has 0 aliphatic carbocycles. The number of rotatable bonds is 7. The Morgan fingerprint density at radius 3 is 2.89 bits per heavy atom. The van der Waals surface area contributed by atoms with E-state index in [1.54, 1.807) is 17.8 Å². The second kappa shape index (κ2) is 7.18. The number of sulfonamides is 1. The van der Waals surface area contributed by atoms with E-state index in [1.165, 1.54) is 12.3 Å². The summed E-state index contributed by atoms with van der Waals surface area (Å²) in [5.74, 6) is 0. The van der Waals surface area contributed by atoms with Crippen LogP contribution in [0, 0.1) is 0 Å². The van der Waals surface area contributed by atoms with E-state index in [0.29, 0.717) is 11.8 Å². The van der Waals surface area contributed by atoms with Crippen molar-refractivity contribution >= 4 is 39.0 Å². The minimum Gasteiger partial charge on any atom is -0.388 e. The Balaban J connectivity index is 2.86. The molecule has 0 aromatic carbocycles. The van der Waals surface area contributed by atoms with E-state index in [0.717, 1.165) is 6.42 Å². The summed E-state index contributed by atoms with van der Waals surface area (Å²) in [6, 6.07) is 2.99. The predicted octanol–water partition coefficient (Wildman–Crippen LogP) is 1.14. The second-order valence-corrected chi connectivity index (χ2v) is 7.40. The molecule has 0 bridgehead atoms. The monoisotopic (exact) mass is 319 g/mol. The van der Waals surface area contributed by atoms with Crippen molar-refractivity contribution in [2.75, 3.05) is 12.8 Å². The molecule has 0 saturated carbocycles. The Hall–Kier alpha value is -0.700. The maximum absolute atomic E-state index is 12.2. The third-order valence-corrected chi connectivity index (χ3v) is 5.27. The van der Waals surface area contributed by atoms with Crippen molar-refractivity contribution in [1.29, 1.82) is 0 Å². The van der Waals surface area contributed by atoms with Gasteiger partial charge in [0.1, 0.15) is 15.6 Å². The maximum atomic E-state index is 12.2. The van der Waals surface area contributed by atoms with Crippen LogP contribution in [0.15, 0.2) is 23.2 Å². The third-order valence-electron chi connectivity index (χ3n) is 2.54. The standard InChI is InChI=1S/C11H17N3O2S3/c1-8(18-2)5-7-14-19(15,16)9-4-3-6-13-10(9)11(12)17/h3-4,6,8,14H,5,7H2,1-2H3,(H2,12,17). The van der Waals surface area contributed by atoms with Crippen molar-refractivity contribution in [3.8, 4) is 0 Å². The van der Waals surface area contributed by atoms with Crippen LogP contribution >= 0.6 is 24.0 Å². The van der Waals surface area contributed by atoms with Crippen molar-refractivity contribution in [1.82, 2.24) is 9.71 Å². The van der Waals surface area contributed by atoms with Crippen LogP contribution in [0.5, 0.6) is 0 Å². The first-order valence-electron chi connectivity index (χ1n) is 5.65. The highest BCUT2D eigenvalue weighted by atomic mass is 32.2. The summed E-state index contributed by atoms with van der Waals surface area (Å²) in [6.07, 6.45) is 4.21. The van der Waals surface area contributed by atoms with E-state index >= 15 is 0 Å². The number of thiocarbonyl (C=S) groups is 1. The van der Waals surface area contributed by atoms with Gasteiger partial charge >= 0.3 is 0 Å². The topological polar surface area (TPSA) is 85.1 Å². The summed E-state index contributed by atoms with van der Waals surface area (Å²) in [5, 5.41) is 0.395. The summed E-state index contributed by atoms with van der Waals surface area (Å²) in [5.41, 5.74) is 5.61. The van der Waals surface area contributed by atoms with Gasteiger partial charge in [-0.05, 0) is 24.8 Å².